The van der Waals surface area contributed by atoms with Gasteiger partial charge in [0, 0.05) is 22.4 Å². The molecule has 0 aliphatic rings. The first-order valence-electron chi connectivity index (χ1n) is 12.5. The first-order chi connectivity index (χ1) is 19.7. The summed E-state index contributed by atoms with van der Waals surface area (Å²) in [5.74, 6) is 0.0804. The van der Waals surface area contributed by atoms with Crippen molar-refractivity contribution in [2.45, 2.75) is 26.4 Å². The molecule has 0 amide bonds. The molecule has 5 rings (SSSR count). The number of aromatic nitrogens is 3. The van der Waals surface area contributed by atoms with Crippen LogP contribution in [0, 0.1) is 6.92 Å². The Kier molecular flexibility index (Phi) is 8.60. The molecule has 3 heterocycles. The lowest BCUT2D eigenvalue weighted by Gasteiger charge is -2.19. The normalized spacial score (nSPS) is 12.0. The van der Waals surface area contributed by atoms with E-state index in [9.17, 15) is 9.90 Å². The molecule has 1 atom stereocenters. The lowest BCUT2D eigenvalue weighted by Crippen LogP contribution is -2.32. The zero-order chi connectivity index (χ0) is 29.3. The van der Waals surface area contributed by atoms with E-state index in [2.05, 4.69) is 10.1 Å². The number of carbonyl (C=O) groups excluding carboxylic acids is 1. The van der Waals surface area contributed by atoms with Gasteiger partial charge in [-0.3, -0.25) is 0 Å². The van der Waals surface area contributed by atoms with E-state index in [4.69, 9.17) is 49.0 Å². The molecule has 2 aromatic carbocycles. The Labute approximate surface area is 255 Å². The van der Waals surface area contributed by atoms with Crippen LogP contribution in [0.5, 0.6) is 17.4 Å². The number of ether oxygens (including phenoxy) is 3. The third-order valence-electron chi connectivity index (χ3n) is 6.49. The van der Waals surface area contributed by atoms with Gasteiger partial charge in [-0.15, -0.1) is 11.3 Å². The van der Waals surface area contributed by atoms with Crippen LogP contribution in [0.3, 0.4) is 0 Å². The average Bonchev–Trinajstić information content (AvgIpc) is 3.52. The molecule has 212 valence electrons. The van der Waals surface area contributed by atoms with Crippen LogP contribution in [0.1, 0.15) is 18.1 Å². The second kappa shape index (κ2) is 12.2. The minimum Gasteiger partial charge on any atom is -0.506 e. The van der Waals surface area contributed by atoms with E-state index in [-0.39, 0.29) is 34.8 Å². The van der Waals surface area contributed by atoms with Crippen molar-refractivity contribution in [3.8, 4) is 38.9 Å². The van der Waals surface area contributed by atoms with Gasteiger partial charge in [-0.05, 0) is 54.8 Å². The predicted octanol–water partition coefficient (Wildman–Crippen LogP) is 7.66. The number of nitrogens with zero attached hydrogens (tertiary/aromatic N) is 3. The number of carbonyl (C=O) groups is 1. The molecule has 0 radical (unpaired) electrons. The highest BCUT2D eigenvalue weighted by Crippen LogP contribution is 2.49. The molecule has 8 nitrogen and oxygen atoms in total. The summed E-state index contributed by atoms with van der Waals surface area (Å²) < 4.78 is 19.3. The number of hydrogen-bond acceptors (Lipinski definition) is 8. The summed E-state index contributed by atoms with van der Waals surface area (Å²) >= 11 is 21.1. The van der Waals surface area contributed by atoms with Crippen LogP contribution >= 0.6 is 46.1 Å². The van der Waals surface area contributed by atoms with Gasteiger partial charge in [0.1, 0.15) is 28.5 Å². The highest BCUT2D eigenvalue weighted by molar-refractivity contribution is 7.19. The van der Waals surface area contributed by atoms with Crippen molar-refractivity contribution in [2.24, 2.45) is 0 Å². The van der Waals surface area contributed by atoms with E-state index in [1.54, 1.807) is 39.2 Å². The van der Waals surface area contributed by atoms with Crippen LogP contribution in [0.15, 0.2) is 54.9 Å². The summed E-state index contributed by atoms with van der Waals surface area (Å²) in [7, 11) is 1.56. The van der Waals surface area contributed by atoms with E-state index in [1.807, 2.05) is 24.3 Å². The fraction of sp³-hybridized carbons (Fsp3) is 0.207. The Bertz CT molecular complexity index is 1750. The fourth-order valence-electron chi connectivity index (χ4n) is 4.61. The van der Waals surface area contributed by atoms with Crippen LogP contribution in [0.25, 0.3) is 27.1 Å². The maximum Gasteiger partial charge on any atom is 0.347 e. The number of phenolic OH excluding ortho intramolecular Hbond substituents is 1. The second-order valence-electron chi connectivity index (χ2n) is 8.92. The molecule has 3 aromatic heterocycles. The molecule has 0 fully saturated rings. The highest BCUT2D eigenvalue weighted by Gasteiger charge is 2.30. The quantitative estimate of drug-likeness (QED) is 0.167. The maximum atomic E-state index is 13.2. The number of methoxy groups -OCH3 is 1. The van der Waals surface area contributed by atoms with Crippen molar-refractivity contribution < 1.29 is 24.1 Å². The molecular formula is C29H24Cl3N3O5S. The zero-order valence-electron chi connectivity index (χ0n) is 22.2. The largest absolute Gasteiger partial charge is 0.506 e. The number of benzene rings is 2. The van der Waals surface area contributed by atoms with Crippen molar-refractivity contribution in [2.75, 3.05) is 13.7 Å². The average molecular weight is 633 g/mol. The summed E-state index contributed by atoms with van der Waals surface area (Å²) in [4.78, 5) is 18.3. The summed E-state index contributed by atoms with van der Waals surface area (Å²) in [6, 6.07) is 14.2. The minimum absolute atomic E-state index is 0.0600. The zero-order valence-corrected chi connectivity index (χ0v) is 25.2. The molecule has 0 aliphatic heterocycles. The van der Waals surface area contributed by atoms with Crippen LogP contribution in [0.2, 0.25) is 14.5 Å². The first kappa shape index (κ1) is 29.0. The number of fused-ring (bicyclic) bond motifs is 1. The minimum atomic E-state index is -1.07. The van der Waals surface area contributed by atoms with Crippen molar-refractivity contribution in [1.29, 1.82) is 0 Å². The Balaban J connectivity index is 1.74. The molecule has 1 N–H and O–H groups in total. The SMILES string of the molecule is CCOC(=O)[C@@H](Cc1ccccc1OC)Oc1ncnn2c(Cl)c(-c3ccc(Cl)s3)c(-c3ccc(O)c(Cl)c3C)c12. The molecule has 41 heavy (non-hydrogen) atoms. The Morgan fingerprint density at radius 2 is 1.88 bits per heavy atom. The molecule has 0 aliphatic carbocycles. The number of thiophene rings is 1. The number of halogens is 3. The molecular weight excluding hydrogens is 609 g/mol. The van der Waals surface area contributed by atoms with Gasteiger partial charge < -0.3 is 19.3 Å². The second-order valence-corrected chi connectivity index (χ2v) is 11.4. The lowest BCUT2D eigenvalue weighted by molar-refractivity contribution is -0.151. The van der Waals surface area contributed by atoms with Gasteiger partial charge in [-0.2, -0.15) is 10.1 Å². The maximum absolute atomic E-state index is 13.2. The van der Waals surface area contributed by atoms with Crippen LogP contribution in [0.4, 0.5) is 0 Å². The monoisotopic (exact) mass is 631 g/mol. The number of para-hydroxylation sites is 1. The van der Waals surface area contributed by atoms with Gasteiger partial charge in [0.15, 0.2) is 0 Å². The molecule has 0 saturated carbocycles. The van der Waals surface area contributed by atoms with Crippen LogP contribution < -0.4 is 9.47 Å². The first-order valence-corrected chi connectivity index (χ1v) is 14.4. The van der Waals surface area contributed by atoms with E-state index in [0.29, 0.717) is 37.9 Å². The van der Waals surface area contributed by atoms with E-state index < -0.39 is 12.1 Å². The fourth-order valence-corrected chi connectivity index (χ4v) is 6.25. The third kappa shape index (κ3) is 5.55. The van der Waals surface area contributed by atoms with E-state index >= 15 is 0 Å². The summed E-state index contributed by atoms with van der Waals surface area (Å²) in [5, 5.41) is 15.1. The van der Waals surface area contributed by atoms with Crippen molar-refractivity contribution in [1.82, 2.24) is 14.6 Å². The summed E-state index contributed by atoms with van der Waals surface area (Å²) in [5.41, 5.74) is 3.64. The Hall–Kier alpha value is -3.50. The van der Waals surface area contributed by atoms with Crippen molar-refractivity contribution in [3.63, 3.8) is 0 Å². The number of phenols is 1. The smallest absolute Gasteiger partial charge is 0.347 e. The highest BCUT2D eigenvalue weighted by atomic mass is 35.5. The Morgan fingerprint density at radius 3 is 2.59 bits per heavy atom. The predicted molar refractivity (Wildman–Crippen MR) is 161 cm³/mol. The van der Waals surface area contributed by atoms with Gasteiger partial charge >= 0.3 is 5.97 Å². The molecule has 0 bridgehead atoms. The van der Waals surface area contributed by atoms with Gasteiger partial charge in [-0.25, -0.2) is 9.31 Å². The van der Waals surface area contributed by atoms with Crippen LogP contribution in [-0.2, 0) is 16.0 Å². The number of rotatable bonds is 9. The number of aromatic hydroxyl groups is 1. The number of esters is 1. The van der Waals surface area contributed by atoms with E-state index in [1.165, 1.54) is 28.2 Å². The molecule has 0 unspecified atom stereocenters. The molecule has 0 saturated heterocycles. The van der Waals surface area contributed by atoms with E-state index in [0.717, 1.165) is 10.4 Å². The molecule has 5 aromatic rings. The summed E-state index contributed by atoms with van der Waals surface area (Å²) in [6.45, 7) is 3.68. The molecule has 12 heteroatoms. The van der Waals surface area contributed by atoms with Gasteiger partial charge in [-0.1, -0.05) is 59.1 Å². The van der Waals surface area contributed by atoms with Crippen molar-refractivity contribution in [3.05, 3.63) is 80.5 Å². The lowest BCUT2D eigenvalue weighted by atomic mass is 9.97. The standard InChI is InChI=1S/C29H24Cl3N3O5S/c1-4-39-29(37)20(13-16-7-5-6-8-19(16)38-3)40-28-26-23(17-9-10-18(36)25(31)15(17)2)24(21-11-12-22(30)41-21)27(32)35(26)34-14-33-28/h5-12,14,20,36H,4,13H2,1-3H3/t20-/m1/s1. The number of hydrogen-bond donors (Lipinski definition) is 1. The molecule has 0 spiro atoms. The topological polar surface area (TPSA) is 95.2 Å². The van der Waals surface area contributed by atoms with Gasteiger partial charge in [0.05, 0.1) is 23.1 Å². The summed E-state index contributed by atoms with van der Waals surface area (Å²) in [6.07, 6.45) is 0.376. The van der Waals surface area contributed by atoms with Crippen molar-refractivity contribution >= 4 is 57.6 Å². The third-order valence-corrected chi connectivity index (χ3v) is 8.57. The van der Waals surface area contributed by atoms with Gasteiger partial charge in [0.2, 0.25) is 12.0 Å². The van der Waals surface area contributed by atoms with Crippen LogP contribution in [-0.4, -0.2) is 45.5 Å². The Morgan fingerprint density at radius 1 is 1.10 bits per heavy atom. The van der Waals surface area contributed by atoms with Gasteiger partial charge in [0.25, 0.3) is 0 Å².